The number of Topliss-reactive ketones (excluding diaryl/α,β-unsaturated/α-hetero) is 1. The first-order valence-electron chi connectivity index (χ1n) is 6.09. The Bertz CT molecular complexity index is 701. The van der Waals surface area contributed by atoms with E-state index in [0.29, 0.717) is 11.3 Å². The lowest BCUT2D eigenvalue weighted by atomic mass is 9.89. The van der Waals surface area contributed by atoms with Gasteiger partial charge in [-0.3, -0.25) is 4.79 Å². The predicted molar refractivity (Wildman–Crippen MR) is 70.6 cm³/mol. The average Bonchev–Trinajstić information content (AvgIpc) is 2.25. The lowest BCUT2D eigenvalue weighted by Crippen LogP contribution is -2.37. The van der Waals surface area contributed by atoms with Crippen LogP contribution in [0.1, 0.15) is 29.8 Å². The van der Waals surface area contributed by atoms with Gasteiger partial charge in [-0.15, -0.1) is 0 Å². The minimum absolute atomic E-state index is 0.0511. The van der Waals surface area contributed by atoms with E-state index in [1.807, 2.05) is 6.07 Å². The lowest BCUT2D eigenvalue weighted by molar-refractivity contribution is -0.122. The summed E-state index contributed by atoms with van der Waals surface area (Å²) in [5, 5.41) is 21.8. The molecule has 19 heavy (non-hydrogen) atoms. The van der Waals surface area contributed by atoms with Gasteiger partial charge in [-0.25, -0.2) is 0 Å². The van der Waals surface area contributed by atoms with E-state index in [0.717, 1.165) is 10.8 Å². The Morgan fingerprint density at radius 3 is 2.84 bits per heavy atom. The first kappa shape index (κ1) is 12.0. The largest absolute Gasteiger partial charge is 0.507 e. The monoisotopic (exact) mass is 258 g/mol. The van der Waals surface area contributed by atoms with Crippen LogP contribution in [-0.2, 0) is 6.42 Å². The van der Waals surface area contributed by atoms with Crippen molar-refractivity contribution in [3.8, 4) is 11.5 Å². The van der Waals surface area contributed by atoms with Crippen molar-refractivity contribution < 1.29 is 19.7 Å². The van der Waals surface area contributed by atoms with Crippen molar-refractivity contribution in [3.63, 3.8) is 0 Å². The molecule has 2 aromatic carbocycles. The quantitative estimate of drug-likeness (QED) is 0.771. The van der Waals surface area contributed by atoms with Gasteiger partial charge in [0.15, 0.2) is 5.78 Å². The van der Waals surface area contributed by atoms with E-state index in [1.165, 1.54) is 6.92 Å². The average molecular weight is 258 g/mol. The summed E-state index contributed by atoms with van der Waals surface area (Å²) in [5.74, 6) is -1.11. The van der Waals surface area contributed by atoms with Crippen LogP contribution in [0.25, 0.3) is 10.8 Å². The number of benzene rings is 2. The number of ether oxygens (including phenoxy) is 1. The molecule has 1 atom stereocenters. The Balaban J connectivity index is 2.45. The van der Waals surface area contributed by atoms with Crippen LogP contribution in [0.5, 0.6) is 11.5 Å². The summed E-state index contributed by atoms with van der Waals surface area (Å²) in [4.78, 5) is 11.8. The molecule has 0 saturated heterocycles. The highest BCUT2D eigenvalue weighted by Gasteiger charge is 2.33. The molecule has 1 aliphatic heterocycles. The van der Waals surface area contributed by atoms with Gasteiger partial charge >= 0.3 is 0 Å². The zero-order valence-electron chi connectivity index (χ0n) is 10.7. The maximum Gasteiger partial charge on any atom is 0.209 e. The molecule has 1 aliphatic rings. The van der Waals surface area contributed by atoms with Crippen LogP contribution in [-0.4, -0.2) is 21.8 Å². The van der Waals surface area contributed by atoms with Crippen molar-refractivity contribution in [1.29, 1.82) is 0 Å². The number of aliphatic hydroxyl groups is 1. The molecule has 3 rings (SSSR count). The van der Waals surface area contributed by atoms with Gasteiger partial charge in [0.2, 0.25) is 5.79 Å². The highest BCUT2D eigenvalue weighted by Crippen LogP contribution is 2.42. The third kappa shape index (κ3) is 1.76. The van der Waals surface area contributed by atoms with Crippen LogP contribution >= 0.6 is 0 Å². The summed E-state index contributed by atoms with van der Waals surface area (Å²) >= 11 is 0. The smallest absolute Gasteiger partial charge is 0.209 e. The second-order valence-electron chi connectivity index (χ2n) is 5.11. The summed E-state index contributed by atoms with van der Waals surface area (Å²) in [5.41, 5.74) is 0.915. The molecule has 0 bridgehead atoms. The molecule has 0 aromatic heterocycles. The zero-order valence-corrected chi connectivity index (χ0v) is 10.7. The third-order valence-corrected chi connectivity index (χ3v) is 3.40. The van der Waals surface area contributed by atoms with Crippen LogP contribution < -0.4 is 4.74 Å². The SMILES string of the molecule is CC(=O)c1c(O)cc2cccc3c2c1CC(C)(O)O3. The van der Waals surface area contributed by atoms with Crippen molar-refractivity contribution in [2.24, 2.45) is 0 Å². The number of aromatic hydroxyl groups is 1. The molecule has 0 radical (unpaired) electrons. The lowest BCUT2D eigenvalue weighted by Gasteiger charge is -2.32. The van der Waals surface area contributed by atoms with E-state index in [-0.39, 0.29) is 23.5 Å². The summed E-state index contributed by atoms with van der Waals surface area (Å²) < 4.78 is 5.53. The van der Waals surface area contributed by atoms with E-state index in [1.54, 1.807) is 25.1 Å². The van der Waals surface area contributed by atoms with E-state index in [2.05, 4.69) is 0 Å². The molecule has 4 nitrogen and oxygen atoms in total. The van der Waals surface area contributed by atoms with Crippen molar-refractivity contribution in [2.75, 3.05) is 0 Å². The standard InChI is InChI=1S/C15H14O4/c1-8(16)13-10-7-15(2,18)19-12-5-3-4-9(14(10)12)6-11(13)17/h3-6,17-18H,7H2,1-2H3. The molecule has 4 heteroatoms. The predicted octanol–water partition coefficient (Wildman–Crippen LogP) is 2.39. The fraction of sp³-hybridized carbons (Fsp3) is 0.267. The molecule has 98 valence electrons. The Hall–Kier alpha value is -2.07. The number of rotatable bonds is 1. The fourth-order valence-electron chi connectivity index (χ4n) is 2.75. The van der Waals surface area contributed by atoms with Crippen molar-refractivity contribution in [1.82, 2.24) is 0 Å². The summed E-state index contributed by atoms with van der Waals surface area (Å²) in [6.45, 7) is 2.95. The van der Waals surface area contributed by atoms with Gasteiger partial charge in [-0.05, 0) is 30.0 Å². The van der Waals surface area contributed by atoms with Crippen LogP contribution in [0.2, 0.25) is 0 Å². The molecule has 0 aliphatic carbocycles. The van der Waals surface area contributed by atoms with Crippen molar-refractivity contribution in [2.45, 2.75) is 26.1 Å². The van der Waals surface area contributed by atoms with Crippen LogP contribution in [0, 0.1) is 0 Å². The van der Waals surface area contributed by atoms with Gasteiger partial charge in [0.1, 0.15) is 11.5 Å². The van der Waals surface area contributed by atoms with Gasteiger partial charge < -0.3 is 14.9 Å². The van der Waals surface area contributed by atoms with Crippen molar-refractivity contribution in [3.05, 3.63) is 35.4 Å². The van der Waals surface area contributed by atoms with Gasteiger partial charge in [-0.2, -0.15) is 0 Å². The van der Waals surface area contributed by atoms with Gasteiger partial charge in [0, 0.05) is 18.7 Å². The van der Waals surface area contributed by atoms with E-state index in [4.69, 9.17) is 4.74 Å². The molecule has 0 amide bonds. The highest BCUT2D eigenvalue weighted by atomic mass is 16.6. The molecule has 1 unspecified atom stereocenters. The highest BCUT2D eigenvalue weighted by molar-refractivity contribution is 6.06. The topological polar surface area (TPSA) is 66.8 Å². The molecular formula is C15H14O4. The van der Waals surface area contributed by atoms with Gasteiger partial charge in [0.05, 0.1) is 5.56 Å². The molecular weight excluding hydrogens is 244 g/mol. The number of carbonyl (C=O) groups is 1. The number of phenols is 1. The fourth-order valence-corrected chi connectivity index (χ4v) is 2.75. The maximum atomic E-state index is 11.8. The number of phenolic OH excluding ortho intramolecular Hbond substituents is 1. The molecule has 1 heterocycles. The minimum atomic E-state index is -1.38. The number of hydrogen-bond acceptors (Lipinski definition) is 4. The molecule has 0 fully saturated rings. The van der Waals surface area contributed by atoms with E-state index in [9.17, 15) is 15.0 Å². The van der Waals surface area contributed by atoms with Crippen LogP contribution in [0.3, 0.4) is 0 Å². The minimum Gasteiger partial charge on any atom is -0.507 e. The Labute approximate surface area is 110 Å². The second-order valence-corrected chi connectivity index (χ2v) is 5.11. The first-order chi connectivity index (χ1) is 8.89. The number of ketones is 1. The van der Waals surface area contributed by atoms with E-state index >= 15 is 0 Å². The van der Waals surface area contributed by atoms with Gasteiger partial charge in [-0.1, -0.05) is 12.1 Å². The summed E-state index contributed by atoms with van der Waals surface area (Å²) in [6.07, 6.45) is 0.170. The molecule has 2 N–H and O–H groups in total. The molecule has 0 spiro atoms. The Morgan fingerprint density at radius 2 is 2.16 bits per heavy atom. The number of hydrogen-bond donors (Lipinski definition) is 2. The third-order valence-electron chi connectivity index (χ3n) is 3.40. The normalized spacial score (nSPS) is 21.2. The second kappa shape index (κ2) is 3.71. The maximum absolute atomic E-state index is 11.8. The molecule has 2 aromatic rings. The number of carbonyl (C=O) groups excluding carboxylic acids is 1. The summed E-state index contributed by atoms with van der Waals surface area (Å²) in [6, 6.07) is 6.94. The van der Waals surface area contributed by atoms with Crippen LogP contribution in [0.15, 0.2) is 24.3 Å². The summed E-state index contributed by atoms with van der Waals surface area (Å²) in [7, 11) is 0. The Kier molecular flexibility index (Phi) is 2.34. The van der Waals surface area contributed by atoms with Gasteiger partial charge in [0.25, 0.3) is 0 Å². The van der Waals surface area contributed by atoms with E-state index < -0.39 is 5.79 Å². The zero-order chi connectivity index (χ0) is 13.8. The van der Waals surface area contributed by atoms with Crippen LogP contribution in [0.4, 0.5) is 0 Å². The first-order valence-corrected chi connectivity index (χ1v) is 6.09. The Morgan fingerprint density at radius 1 is 1.42 bits per heavy atom. The molecule has 0 saturated carbocycles. The van der Waals surface area contributed by atoms with Crippen molar-refractivity contribution >= 4 is 16.6 Å².